The third-order valence-corrected chi connectivity index (χ3v) is 5.32. The molecule has 0 spiro atoms. The van der Waals surface area contributed by atoms with Crippen molar-refractivity contribution in [3.8, 4) is 5.75 Å². The van der Waals surface area contributed by atoms with Gasteiger partial charge in [0.2, 0.25) is 5.94 Å². The topological polar surface area (TPSA) is 98.5 Å². The molecule has 0 fully saturated rings. The highest BCUT2D eigenvalue weighted by Crippen LogP contribution is 2.43. The summed E-state index contributed by atoms with van der Waals surface area (Å²) < 4.78 is 44.1. The molecule has 0 aliphatic carbocycles. The van der Waals surface area contributed by atoms with Gasteiger partial charge in [-0.2, -0.15) is 0 Å². The third kappa shape index (κ3) is 2.94. The maximum Gasteiger partial charge on any atom is 0.268 e. The Morgan fingerprint density at radius 1 is 1.38 bits per heavy atom. The van der Waals surface area contributed by atoms with Crippen molar-refractivity contribution in [1.82, 2.24) is 0 Å². The smallest absolute Gasteiger partial charge is 0.268 e. The average molecular weight is 436 g/mol. The normalized spacial score (nSPS) is 15.1. The number of ketones is 1. The number of hydrogen-bond donors (Lipinski definition) is 2. The first kappa shape index (κ1) is 17.0. The Hall–Kier alpha value is -1.84. The van der Waals surface area contributed by atoms with E-state index in [1.807, 2.05) is 0 Å². The first-order valence-electron chi connectivity index (χ1n) is 6.44. The van der Waals surface area contributed by atoms with Gasteiger partial charge in [-0.15, -0.1) is 0 Å². The van der Waals surface area contributed by atoms with Crippen LogP contribution in [0, 0.1) is 5.82 Å². The molecule has 126 valence electrons. The second-order valence-corrected chi connectivity index (χ2v) is 7.83. The molecule has 0 bridgehead atoms. The molecule has 1 aliphatic rings. The number of nitrogens with two attached hydrogens (primary N) is 1. The van der Waals surface area contributed by atoms with Gasteiger partial charge < -0.3 is 10.5 Å². The molecular weight excluding hydrogens is 427 g/mol. The number of nitrogen functional groups attached to an aromatic ring is 1. The number of fused-ring (bicyclic) bond motifs is 1. The van der Waals surface area contributed by atoms with Crippen LogP contribution in [0.3, 0.4) is 0 Å². The van der Waals surface area contributed by atoms with Gasteiger partial charge in [0, 0.05) is 11.3 Å². The van der Waals surface area contributed by atoms with Crippen LogP contribution in [0.5, 0.6) is 5.75 Å². The molecule has 6 nitrogen and oxygen atoms in total. The number of benzene rings is 2. The molecule has 0 atom stereocenters. The van der Waals surface area contributed by atoms with E-state index in [0.717, 1.165) is 12.1 Å². The lowest BCUT2D eigenvalue weighted by atomic mass is 10.0. The summed E-state index contributed by atoms with van der Waals surface area (Å²) in [5.74, 6) is -1.73. The van der Waals surface area contributed by atoms with Crippen molar-refractivity contribution in [1.29, 1.82) is 0 Å². The lowest BCUT2D eigenvalue weighted by Crippen LogP contribution is -2.26. The first-order valence-corrected chi connectivity index (χ1v) is 9.27. The van der Waals surface area contributed by atoms with E-state index >= 15 is 0 Å². The van der Waals surface area contributed by atoms with Gasteiger partial charge in [0.05, 0.1) is 20.7 Å². The van der Waals surface area contributed by atoms with Crippen LogP contribution in [0.2, 0.25) is 5.02 Å². The van der Waals surface area contributed by atoms with Gasteiger partial charge >= 0.3 is 0 Å². The fourth-order valence-electron chi connectivity index (χ4n) is 2.24. The Balaban J connectivity index is 2.16. The van der Waals surface area contributed by atoms with E-state index in [2.05, 4.69) is 20.7 Å². The van der Waals surface area contributed by atoms with Gasteiger partial charge in [-0.1, -0.05) is 11.6 Å². The van der Waals surface area contributed by atoms with Gasteiger partial charge in [-0.25, -0.2) is 12.8 Å². The Labute approximate surface area is 149 Å². The fourth-order valence-corrected chi connectivity index (χ4v) is 4.00. The van der Waals surface area contributed by atoms with Crippen molar-refractivity contribution >= 4 is 54.7 Å². The molecule has 10 heteroatoms. The summed E-state index contributed by atoms with van der Waals surface area (Å²) in [5, 5.41) is 0.0621. The molecule has 0 amide bonds. The Bertz CT molecular complexity index is 981. The lowest BCUT2D eigenvalue weighted by molar-refractivity contribution is 0.103. The minimum absolute atomic E-state index is 0.00217. The minimum atomic E-state index is -3.63. The van der Waals surface area contributed by atoms with Gasteiger partial charge in [-0.05, 0) is 40.2 Å². The number of sulfonamides is 1. The Morgan fingerprint density at radius 2 is 2.08 bits per heavy atom. The van der Waals surface area contributed by atoms with Crippen LogP contribution in [0.25, 0.3) is 0 Å². The zero-order valence-corrected chi connectivity index (χ0v) is 14.9. The summed E-state index contributed by atoms with van der Waals surface area (Å²) in [4.78, 5) is 12.7. The summed E-state index contributed by atoms with van der Waals surface area (Å²) >= 11 is 9.16. The van der Waals surface area contributed by atoms with Crippen molar-refractivity contribution in [3.05, 3.63) is 50.7 Å². The summed E-state index contributed by atoms with van der Waals surface area (Å²) in [7, 11) is -3.63. The minimum Gasteiger partial charge on any atom is -0.472 e. The number of carbonyl (C=O) groups excluding carboxylic acids is 1. The molecule has 1 aliphatic heterocycles. The molecule has 1 heterocycles. The number of rotatable bonds is 2. The van der Waals surface area contributed by atoms with E-state index in [9.17, 15) is 17.6 Å². The number of halogens is 3. The van der Waals surface area contributed by atoms with Gasteiger partial charge in [0.25, 0.3) is 10.0 Å². The van der Waals surface area contributed by atoms with Crippen LogP contribution < -0.4 is 15.2 Å². The molecule has 0 saturated carbocycles. The van der Waals surface area contributed by atoms with Crippen molar-refractivity contribution in [2.45, 2.75) is 0 Å². The zero-order valence-electron chi connectivity index (χ0n) is 11.8. The standard InChI is InChI=1S/C14H9BrClFN2O4S/c15-12-11(13(20)7-3-6(17)1-2-8(7)16)9(18)4-10-14(12)23-5-24(21,22)19-10/h1-4,19H,5,18H2. The summed E-state index contributed by atoms with van der Waals surface area (Å²) in [5.41, 5.74) is 5.90. The summed E-state index contributed by atoms with van der Waals surface area (Å²) in [6.45, 7) is 0. The maximum absolute atomic E-state index is 13.4. The molecule has 24 heavy (non-hydrogen) atoms. The number of carbonyl (C=O) groups is 1. The van der Waals surface area contributed by atoms with Crippen LogP contribution in [0.1, 0.15) is 15.9 Å². The summed E-state index contributed by atoms with van der Waals surface area (Å²) in [6.07, 6.45) is 0. The second kappa shape index (κ2) is 5.91. The summed E-state index contributed by atoms with van der Waals surface area (Å²) in [6, 6.07) is 4.65. The third-order valence-electron chi connectivity index (χ3n) is 3.28. The fraction of sp³-hybridized carbons (Fsp3) is 0.0714. The molecule has 3 N–H and O–H groups in total. The second-order valence-electron chi connectivity index (χ2n) is 4.96. The molecule has 0 unspecified atom stereocenters. The van der Waals surface area contributed by atoms with E-state index in [4.69, 9.17) is 22.1 Å². The molecule has 3 rings (SSSR count). The number of anilines is 2. The first-order chi connectivity index (χ1) is 11.2. The van der Waals surface area contributed by atoms with E-state index in [0.29, 0.717) is 0 Å². The Morgan fingerprint density at radius 3 is 2.79 bits per heavy atom. The lowest BCUT2D eigenvalue weighted by Gasteiger charge is -2.22. The maximum atomic E-state index is 13.4. The van der Waals surface area contributed by atoms with Crippen molar-refractivity contribution in [2.24, 2.45) is 0 Å². The zero-order chi connectivity index (χ0) is 17.6. The molecule has 0 saturated heterocycles. The number of nitrogens with one attached hydrogen (secondary N) is 1. The molecule has 0 aromatic heterocycles. The number of hydrogen-bond acceptors (Lipinski definition) is 5. The van der Waals surface area contributed by atoms with Gasteiger partial charge in [0.15, 0.2) is 11.5 Å². The van der Waals surface area contributed by atoms with E-state index in [-0.39, 0.29) is 37.7 Å². The highest BCUT2D eigenvalue weighted by molar-refractivity contribution is 9.10. The molecule has 2 aromatic rings. The van der Waals surface area contributed by atoms with Gasteiger partial charge in [-0.3, -0.25) is 9.52 Å². The van der Waals surface area contributed by atoms with Crippen molar-refractivity contribution in [2.75, 3.05) is 16.4 Å². The number of ether oxygens (including phenoxy) is 1. The van der Waals surface area contributed by atoms with Crippen LogP contribution in [0.15, 0.2) is 28.7 Å². The quantitative estimate of drug-likeness (QED) is 0.558. The van der Waals surface area contributed by atoms with Gasteiger partial charge in [0.1, 0.15) is 5.82 Å². The molecular formula is C14H9BrClFN2O4S. The van der Waals surface area contributed by atoms with Crippen LogP contribution in [-0.2, 0) is 10.0 Å². The van der Waals surface area contributed by atoms with Crippen LogP contribution in [-0.4, -0.2) is 20.1 Å². The van der Waals surface area contributed by atoms with E-state index in [1.54, 1.807) is 0 Å². The highest BCUT2D eigenvalue weighted by atomic mass is 79.9. The largest absolute Gasteiger partial charge is 0.472 e. The van der Waals surface area contributed by atoms with Crippen LogP contribution >= 0.6 is 27.5 Å². The van der Waals surface area contributed by atoms with Crippen LogP contribution in [0.4, 0.5) is 15.8 Å². The SMILES string of the molecule is Nc1cc2c(c(Br)c1C(=O)c1cc(F)ccc1Cl)OCS(=O)(=O)N2. The predicted octanol–water partition coefficient (Wildman–Crippen LogP) is 3.15. The molecule has 2 aromatic carbocycles. The Kier molecular flexibility index (Phi) is 4.18. The highest BCUT2D eigenvalue weighted by Gasteiger charge is 2.29. The van der Waals surface area contributed by atoms with E-state index < -0.39 is 27.6 Å². The monoisotopic (exact) mass is 434 g/mol. The van der Waals surface area contributed by atoms with E-state index in [1.165, 1.54) is 12.1 Å². The predicted molar refractivity (Wildman–Crippen MR) is 91.4 cm³/mol. The molecule has 0 radical (unpaired) electrons. The average Bonchev–Trinajstić information content (AvgIpc) is 2.48. The van der Waals surface area contributed by atoms with Crippen molar-refractivity contribution in [3.63, 3.8) is 0 Å². The van der Waals surface area contributed by atoms with Crippen molar-refractivity contribution < 1.29 is 22.3 Å².